The molecule has 0 spiro atoms. The van der Waals surface area contributed by atoms with Gasteiger partial charge in [-0.2, -0.15) is 0 Å². The van der Waals surface area contributed by atoms with Crippen molar-refractivity contribution in [3.63, 3.8) is 0 Å². The molecule has 5 aromatic rings. The minimum Gasteiger partial charge on any atom is -0.279 e. The number of thiazole rings is 1. The number of rotatable bonds is 8. The Morgan fingerprint density at radius 1 is 0.842 bits per heavy atom. The Hall–Kier alpha value is -4.01. The van der Waals surface area contributed by atoms with Gasteiger partial charge in [-0.05, 0) is 60.0 Å². The van der Waals surface area contributed by atoms with Gasteiger partial charge in [0, 0.05) is 12.6 Å². The molecule has 1 amide bonds. The first-order chi connectivity index (χ1) is 18.4. The first-order valence-corrected chi connectivity index (χ1v) is 14.5. The summed E-state index contributed by atoms with van der Waals surface area (Å²) in [7, 11) is -2.27. The molecule has 0 aliphatic carbocycles. The summed E-state index contributed by atoms with van der Waals surface area (Å²) in [5, 5.41) is 0.607. The number of carbonyl (C=O) groups is 1. The number of carbonyl (C=O) groups excluding carboxylic acids is 1. The third-order valence-electron chi connectivity index (χ3n) is 6.41. The molecule has 0 N–H and O–H groups in total. The smallest absolute Gasteiger partial charge is 0.264 e. The number of aryl methyl sites for hydroxylation is 1. The maximum absolute atomic E-state index is 13.8. The highest BCUT2D eigenvalue weighted by molar-refractivity contribution is 7.92. The Labute approximate surface area is 226 Å². The summed E-state index contributed by atoms with van der Waals surface area (Å²) in [5.41, 5.74) is 3.96. The summed E-state index contributed by atoms with van der Waals surface area (Å²) in [6.07, 6.45) is 0.848. The first-order valence-electron chi connectivity index (χ1n) is 12.3. The highest BCUT2D eigenvalue weighted by Gasteiger charge is 2.25. The van der Waals surface area contributed by atoms with Crippen molar-refractivity contribution < 1.29 is 13.2 Å². The monoisotopic (exact) mass is 541 g/mol. The van der Waals surface area contributed by atoms with Crippen molar-refractivity contribution in [2.45, 2.75) is 24.8 Å². The second-order valence-corrected chi connectivity index (χ2v) is 11.8. The van der Waals surface area contributed by atoms with Gasteiger partial charge in [0.25, 0.3) is 15.9 Å². The van der Waals surface area contributed by atoms with Crippen LogP contribution >= 0.6 is 11.3 Å². The van der Waals surface area contributed by atoms with Crippen LogP contribution in [0, 0.1) is 0 Å². The fourth-order valence-electron chi connectivity index (χ4n) is 4.25. The van der Waals surface area contributed by atoms with Crippen molar-refractivity contribution in [1.82, 2.24) is 4.98 Å². The molecule has 0 bridgehead atoms. The Morgan fingerprint density at radius 3 is 2.16 bits per heavy atom. The van der Waals surface area contributed by atoms with Gasteiger partial charge in [-0.1, -0.05) is 78.9 Å². The van der Waals surface area contributed by atoms with Gasteiger partial charge in [0.1, 0.15) is 0 Å². The van der Waals surface area contributed by atoms with Gasteiger partial charge in [0.15, 0.2) is 5.13 Å². The fourth-order valence-corrected chi connectivity index (χ4v) is 6.45. The van der Waals surface area contributed by atoms with Crippen LogP contribution in [0.3, 0.4) is 0 Å². The van der Waals surface area contributed by atoms with Crippen molar-refractivity contribution in [2.24, 2.45) is 0 Å². The molecule has 8 heteroatoms. The molecular formula is C30H27N3O3S2. The van der Waals surface area contributed by atoms with Gasteiger partial charge >= 0.3 is 0 Å². The third-order valence-corrected chi connectivity index (χ3v) is 9.25. The zero-order valence-electron chi connectivity index (χ0n) is 21.1. The van der Waals surface area contributed by atoms with E-state index in [1.807, 2.05) is 48.5 Å². The van der Waals surface area contributed by atoms with Gasteiger partial charge in [0.2, 0.25) is 0 Å². The molecule has 0 atom stereocenters. The second kappa shape index (κ2) is 10.8. The van der Waals surface area contributed by atoms with Crippen molar-refractivity contribution in [3.05, 3.63) is 120 Å². The van der Waals surface area contributed by atoms with Crippen molar-refractivity contribution >= 4 is 48.3 Å². The molecule has 0 unspecified atom stereocenters. The lowest BCUT2D eigenvalue weighted by Crippen LogP contribution is -2.30. The van der Waals surface area contributed by atoms with E-state index in [-0.39, 0.29) is 10.8 Å². The van der Waals surface area contributed by atoms with Crippen molar-refractivity contribution in [1.29, 1.82) is 0 Å². The summed E-state index contributed by atoms with van der Waals surface area (Å²) >= 11 is 1.48. The van der Waals surface area contributed by atoms with Crippen LogP contribution in [0.2, 0.25) is 0 Å². The molecule has 0 aliphatic rings. The zero-order valence-corrected chi connectivity index (χ0v) is 22.7. The number of hydrogen-bond acceptors (Lipinski definition) is 5. The van der Waals surface area contributed by atoms with Crippen LogP contribution in [-0.4, -0.2) is 26.4 Å². The molecule has 4 aromatic carbocycles. The van der Waals surface area contributed by atoms with Gasteiger partial charge < -0.3 is 0 Å². The molecule has 1 aromatic heterocycles. The summed E-state index contributed by atoms with van der Waals surface area (Å²) in [4.78, 5) is 20.5. The second-order valence-electron chi connectivity index (χ2n) is 8.82. The average molecular weight is 542 g/mol. The predicted molar refractivity (Wildman–Crippen MR) is 154 cm³/mol. The number of hydrogen-bond donors (Lipinski definition) is 0. The predicted octanol–water partition coefficient (Wildman–Crippen LogP) is 6.53. The lowest BCUT2D eigenvalue weighted by atomic mass is 10.1. The number of amides is 1. The number of benzene rings is 4. The van der Waals surface area contributed by atoms with E-state index in [1.165, 1.54) is 34.8 Å². The Kier molecular flexibility index (Phi) is 7.26. The van der Waals surface area contributed by atoms with Gasteiger partial charge in [-0.3, -0.25) is 14.0 Å². The maximum atomic E-state index is 13.8. The summed E-state index contributed by atoms with van der Waals surface area (Å²) in [6, 6.07) is 30.8. The van der Waals surface area contributed by atoms with Gasteiger partial charge in [-0.25, -0.2) is 13.4 Å². The number of fused-ring (bicyclic) bond motifs is 1. The Bertz CT molecular complexity index is 1670. The lowest BCUT2D eigenvalue weighted by molar-refractivity contribution is 0.0985. The van der Waals surface area contributed by atoms with Gasteiger partial charge in [0.05, 0.1) is 27.3 Å². The number of sulfonamides is 1. The number of aromatic nitrogens is 1. The highest BCUT2D eigenvalue weighted by atomic mass is 32.2. The quantitative estimate of drug-likeness (QED) is 0.224. The molecule has 5 rings (SSSR count). The molecule has 0 radical (unpaired) electrons. The van der Waals surface area contributed by atoms with Crippen LogP contribution in [0.15, 0.2) is 108 Å². The van der Waals surface area contributed by atoms with Gasteiger partial charge in [-0.15, -0.1) is 0 Å². The molecule has 1 heterocycles. The van der Waals surface area contributed by atoms with E-state index in [0.717, 1.165) is 27.8 Å². The van der Waals surface area contributed by atoms with Crippen LogP contribution in [0.25, 0.3) is 10.2 Å². The standard InChI is InChI=1S/C30H27N3O3S2/c1-3-23-13-10-16-27-28(23)31-30(37-27)33(21-22-11-6-4-7-12-22)29(34)24-17-19-26(20-18-24)38(35,36)32(2)25-14-8-5-9-15-25/h4-20H,3,21H2,1-2H3. The van der Waals surface area contributed by atoms with Crippen LogP contribution in [-0.2, 0) is 23.0 Å². The van der Waals surface area contributed by atoms with Crippen molar-refractivity contribution in [2.75, 3.05) is 16.3 Å². The number of anilines is 2. The largest absolute Gasteiger partial charge is 0.279 e. The van der Waals surface area contributed by atoms with E-state index in [0.29, 0.717) is 22.9 Å². The number of para-hydroxylation sites is 2. The van der Waals surface area contributed by atoms with E-state index >= 15 is 0 Å². The molecule has 6 nitrogen and oxygen atoms in total. The molecular weight excluding hydrogens is 514 g/mol. The van der Waals surface area contributed by atoms with Crippen LogP contribution < -0.4 is 9.21 Å². The number of nitrogens with zero attached hydrogens (tertiary/aromatic N) is 3. The van der Waals surface area contributed by atoms with Crippen LogP contribution in [0.1, 0.15) is 28.4 Å². The lowest BCUT2D eigenvalue weighted by Gasteiger charge is -2.21. The molecule has 0 fully saturated rings. The van der Waals surface area contributed by atoms with Crippen LogP contribution in [0.5, 0.6) is 0 Å². The van der Waals surface area contributed by atoms with E-state index < -0.39 is 10.0 Å². The summed E-state index contributed by atoms with van der Waals surface area (Å²) < 4.78 is 28.6. The van der Waals surface area contributed by atoms with Crippen LogP contribution in [0.4, 0.5) is 10.8 Å². The molecule has 0 saturated carbocycles. The molecule has 0 aliphatic heterocycles. The SMILES string of the molecule is CCc1cccc2sc(N(Cc3ccccc3)C(=O)c3ccc(S(=O)(=O)N(C)c4ccccc4)cc3)nc12. The third kappa shape index (κ3) is 5.05. The highest BCUT2D eigenvalue weighted by Crippen LogP contribution is 2.33. The Balaban J connectivity index is 1.49. The molecule has 192 valence electrons. The zero-order chi connectivity index (χ0) is 26.7. The first kappa shape index (κ1) is 25.6. The Morgan fingerprint density at radius 2 is 1.50 bits per heavy atom. The van der Waals surface area contributed by atoms with Crippen molar-refractivity contribution in [3.8, 4) is 0 Å². The van der Waals surface area contributed by atoms with E-state index in [9.17, 15) is 13.2 Å². The maximum Gasteiger partial charge on any atom is 0.264 e. The normalized spacial score (nSPS) is 11.4. The summed E-state index contributed by atoms with van der Waals surface area (Å²) in [5.74, 6) is -0.244. The topological polar surface area (TPSA) is 70.6 Å². The van der Waals surface area contributed by atoms with E-state index in [2.05, 4.69) is 13.0 Å². The minimum absolute atomic E-state index is 0.114. The minimum atomic E-state index is -3.78. The van der Waals surface area contributed by atoms with E-state index in [1.54, 1.807) is 41.3 Å². The average Bonchev–Trinajstić information content (AvgIpc) is 3.40. The van der Waals surface area contributed by atoms with E-state index in [4.69, 9.17) is 4.98 Å². The molecule has 38 heavy (non-hydrogen) atoms. The summed E-state index contributed by atoms with van der Waals surface area (Å²) in [6.45, 7) is 2.43. The molecule has 0 saturated heterocycles. The fraction of sp³-hybridized carbons (Fsp3) is 0.133.